The van der Waals surface area contributed by atoms with Gasteiger partial charge in [0.15, 0.2) is 11.5 Å². The van der Waals surface area contributed by atoms with Crippen LogP contribution in [0.25, 0.3) is 6.08 Å². The van der Waals surface area contributed by atoms with Crippen LogP contribution in [0.4, 0.5) is 5.69 Å². The van der Waals surface area contributed by atoms with Gasteiger partial charge < -0.3 is 19.7 Å². The molecule has 0 heterocycles. The molecule has 0 aliphatic carbocycles. The van der Waals surface area contributed by atoms with E-state index in [1.54, 1.807) is 25.1 Å². The minimum atomic E-state index is -0.241. The first-order valence-electron chi connectivity index (χ1n) is 10.0. The van der Waals surface area contributed by atoms with Gasteiger partial charge in [0.2, 0.25) is 11.8 Å². The Morgan fingerprint density at radius 1 is 1.13 bits per heavy atom. The second-order valence-corrected chi connectivity index (χ2v) is 7.01. The molecule has 0 atom stereocenters. The number of benzene rings is 2. The number of carbonyl (C=O) groups excluding carboxylic acids is 2. The van der Waals surface area contributed by atoms with Gasteiger partial charge in [0.05, 0.1) is 13.7 Å². The maximum atomic E-state index is 12.3. The molecular formula is C24H30N2O4. The van der Waals surface area contributed by atoms with Crippen LogP contribution in [0.2, 0.25) is 0 Å². The molecule has 0 aliphatic heterocycles. The second-order valence-electron chi connectivity index (χ2n) is 7.01. The molecule has 6 nitrogen and oxygen atoms in total. The van der Waals surface area contributed by atoms with Crippen LogP contribution >= 0.6 is 0 Å². The van der Waals surface area contributed by atoms with E-state index in [1.807, 2.05) is 42.5 Å². The van der Waals surface area contributed by atoms with Crippen LogP contribution in [0.1, 0.15) is 37.8 Å². The predicted molar refractivity (Wildman–Crippen MR) is 120 cm³/mol. The zero-order chi connectivity index (χ0) is 21.9. The molecule has 0 aliphatic rings. The standard InChI is InChI=1S/C24H30N2O4/c1-5-6-14-30-22-12-10-19(16-23(22)29-4)11-13-24(28)25-21-9-7-8-20(15-21)17-26(3)18(2)27/h7-13,15-16H,5-6,14,17H2,1-4H3,(H,25,28)/b13-11+. The van der Waals surface area contributed by atoms with Crippen LogP contribution in [0, 0.1) is 0 Å². The fourth-order valence-corrected chi connectivity index (χ4v) is 2.72. The maximum Gasteiger partial charge on any atom is 0.248 e. The van der Waals surface area contributed by atoms with Crippen LogP contribution < -0.4 is 14.8 Å². The van der Waals surface area contributed by atoms with Gasteiger partial charge in [0.25, 0.3) is 0 Å². The van der Waals surface area contributed by atoms with Crippen LogP contribution in [-0.4, -0.2) is 37.5 Å². The molecular weight excluding hydrogens is 380 g/mol. The number of hydrogen-bond acceptors (Lipinski definition) is 4. The molecule has 160 valence electrons. The second kappa shape index (κ2) is 11.7. The molecule has 0 unspecified atom stereocenters. The van der Waals surface area contributed by atoms with E-state index in [1.165, 1.54) is 13.0 Å². The molecule has 0 fully saturated rings. The first-order valence-corrected chi connectivity index (χ1v) is 10.0. The SMILES string of the molecule is CCCCOc1ccc(/C=C/C(=O)Nc2cccc(CN(C)C(C)=O)c2)cc1OC. The van der Waals surface area contributed by atoms with Crippen molar-refractivity contribution in [3.8, 4) is 11.5 Å². The van der Waals surface area contributed by atoms with Crippen molar-refractivity contribution in [1.82, 2.24) is 4.90 Å². The lowest BCUT2D eigenvalue weighted by molar-refractivity contribution is -0.128. The van der Waals surface area contributed by atoms with E-state index in [2.05, 4.69) is 12.2 Å². The minimum absolute atomic E-state index is 0.00965. The van der Waals surface area contributed by atoms with Crippen LogP contribution in [0.5, 0.6) is 11.5 Å². The molecule has 0 radical (unpaired) electrons. The van der Waals surface area contributed by atoms with E-state index >= 15 is 0 Å². The number of nitrogens with zero attached hydrogens (tertiary/aromatic N) is 1. The van der Waals surface area contributed by atoms with Crippen molar-refractivity contribution < 1.29 is 19.1 Å². The van der Waals surface area contributed by atoms with Crippen molar-refractivity contribution in [2.45, 2.75) is 33.2 Å². The van der Waals surface area contributed by atoms with Gasteiger partial charge >= 0.3 is 0 Å². The van der Waals surface area contributed by atoms with E-state index in [9.17, 15) is 9.59 Å². The van der Waals surface area contributed by atoms with Gasteiger partial charge in [-0.3, -0.25) is 9.59 Å². The largest absolute Gasteiger partial charge is 0.493 e. The van der Waals surface area contributed by atoms with Crippen molar-refractivity contribution >= 4 is 23.6 Å². The monoisotopic (exact) mass is 410 g/mol. The maximum absolute atomic E-state index is 12.3. The molecule has 6 heteroatoms. The van der Waals surface area contributed by atoms with Crippen molar-refractivity contribution in [1.29, 1.82) is 0 Å². The Kier molecular flexibility index (Phi) is 8.94. The fourth-order valence-electron chi connectivity index (χ4n) is 2.72. The molecule has 2 aromatic carbocycles. The smallest absolute Gasteiger partial charge is 0.248 e. The van der Waals surface area contributed by atoms with Gasteiger partial charge in [-0.1, -0.05) is 31.5 Å². The molecule has 2 amide bonds. The Balaban J connectivity index is 2.00. The van der Waals surface area contributed by atoms with Gasteiger partial charge in [-0.2, -0.15) is 0 Å². The highest BCUT2D eigenvalue weighted by Crippen LogP contribution is 2.28. The predicted octanol–water partition coefficient (Wildman–Crippen LogP) is 4.50. The number of unbranched alkanes of at least 4 members (excludes halogenated alkanes) is 1. The Labute approximate surface area is 178 Å². The van der Waals surface area contributed by atoms with Crippen molar-refractivity contribution in [3.05, 3.63) is 59.7 Å². The zero-order valence-corrected chi connectivity index (χ0v) is 18.1. The minimum Gasteiger partial charge on any atom is -0.493 e. The summed E-state index contributed by atoms with van der Waals surface area (Å²) in [6.45, 7) is 4.77. The normalized spacial score (nSPS) is 10.7. The average Bonchev–Trinajstić information content (AvgIpc) is 2.73. The first kappa shape index (κ1) is 23.0. The van der Waals surface area contributed by atoms with E-state index < -0.39 is 0 Å². The summed E-state index contributed by atoms with van der Waals surface area (Å²) in [4.78, 5) is 25.3. The highest BCUT2D eigenvalue weighted by molar-refractivity contribution is 6.02. The van der Waals surface area contributed by atoms with E-state index in [4.69, 9.17) is 9.47 Å². The van der Waals surface area contributed by atoms with E-state index in [-0.39, 0.29) is 11.8 Å². The third-order valence-electron chi connectivity index (χ3n) is 4.52. The Bertz CT molecular complexity index is 893. The number of amides is 2. The molecule has 2 aromatic rings. The summed E-state index contributed by atoms with van der Waals surface area (Å²) < 4.78 is 11.1. The third-order valence-corrected chi connectivity index (χ3v) is 4.52. The number of anilines is 1. The summed E-state index contributed by atoms with van der Waals surface area (Å²) in [5.41, 5.74) is 2.45. The molecule has 1 N–H and O–H groups in total. The summed E-state index contributed by atoms with van der Waals surface area (Å²) in [6, 6.07) is 13.0. The molecule has 30 heavy (non-hydrogen) atoms. The highest BCUT2D eigenvalue weighted by atomic mass is 16.5. The number of ether oxygens (including phenoxy) is 2. The van der Waals surface area contributed by atoms with Crippen LogP contribution in [0.3, 0.4) is 0 Å². The first-order chi connectivity index (χ1) is 14.4. The Morgan fingerprint density at radius 3 is 2.63 bits per heavy atom. The summed E-state index contributed by atoms with van der Waals surface area (Å²) in [6.07, 6.45) is 5.24. The summed E-state index contributed by atoms with van der Waals surface area (Å²) >= 11 is 0. The lowest BCUT2D eigenvalue weighted by atomic mass is 10.1. The number of nitrogens with one attached hydrogen (secondary N) is 1. The van der Waals surface area contributed by atoms with Gasteiger partial charge in [-0.25, -0.2) is 0 Å². The molecule has 0 spiro atoms. The topological polar surface area (TPSA) is 67.9 Å². The summed E-state index contributed by atoms with van der Waals surface area (Å²) in [7, 11) is 3.34. The zero-order valence-electron chi connectivity index (χ0n) is 18.1. The fraction of sp³-hybridized carbons (Fsp3) is 0.333. The van der Waals surface area contributed by atoms with E-state index in [0.717, 1.165) is 24.0 Å². The molecule has 0 saturated carbocycles. The molecule has 0 bridgehead atoms. The lowest BCUT2D eigenvalue weighted by Crippen LogP contribution is -2.23. The Morgan fingerprint density at radius 2 is 1.93 bits per heavy atom. The van der Waals surface area contributed by atoms with Crippen LogP contribution in [-0.2, 0) is 16.1 Å². The van der Waals surface area contributed by atoms with Crippen LogP contribution in [0.15, 0.2) is 48.5 Å². The number of methoxy groups -OCH3 is 1. The van der Waals surface area contributed by atoms with Gasteiger partial charge in [0.1, 0.15) is 0 Å². The molecule has 0 aromatic heterocycles. The molecule has 0 saturated heterocycles. The number of carbonyl (C=O) groups is 2. The summed E-state index contributed by atoms with van der Waals surface area (Å²) in [5.74, 6) is 1.08. The van der Waals surface area contributed by atoms with Gasteiger partial charge in [-0.05, 0) is 47.9 Å². The number of hydrogen-bond donors (Lipinski definition) is 1. The Hall–Kier alpha value is -3.28. The van der Waals surface area contributed by atoms with Gasteiger partial charge in [-0.15, -0.1) is 0 Å². The molecule has 2 rings (SSSR count). The van der Waals surface area contributed by atoms with Crippen molar-refractivity contribution in [2.75, 3.05) is 26.1 Å². The lowest BCUT2D eigenvalue weighted by Gasteiger charge is -2.15. The number of rotatable bonds is 10. The summed E-state index contributed by atoms with van der Waals surface area (Å²) in [5, 5.41) is 2.84. The van der Waals surface area contributed by atoms with Crippen molar-refractivity contribution in [3.63, 3.8) is 0 Å². The highest BCUT2D eigenvalue weighted by Gasteiger charge is 2.06. The van der Waals surface area contributed by atoms with Gasteiger partial charge in [0, 0.05) is 32.3 Å². The average molecular weight is 411 g/mol. The van der Waals surface area contributed by atoms with E-state index in [0.29, 0.717) is 30.3 Å². The third kappa shape index (κ3) is 7.28. The quantitative estimate of drug-likeness (QED) is 0.462. The van der Waals surface area contributed by atoms with Crippen molar-refractivity contribution in [2.24, 2.45) is 0 Å².